The van der Waals surface area contributed by atoms with Crippen molar-refractivity contribution in [3.63, 3.8) is 0 Å². The normalized spacial score (nSPS) is 11.8. The van der Waals surface area contributed by atoms with E-state index in [9.17, 15) is 4.79 Å². The van der Waals surface area contributed by atoms with Crippen LogP contribution in [0, 0.1) is 0 Å². The molecule has 2 rings (SSSR count). The van der Waals surface area contributed by atoms with Gasteiger partial charge in [0.05, 0.1) is 16.9 Å². The molecule has 2 aromatic rings. The van der Waals surface area contributed by atoms with Gasteiger partial charge in [-0.25, -0.2) is 4.98 Å². The molecule has 0 amide bonds. The Morgan fingerprint density at radius 2 is 2.18 bits per heavy atom. The summed E-state index contributed by atoms with van der Waals surface area (Å²) in [6.07, 6.45) is 1.66. The zero-order chi connectivity index (χ0) is 12.6. The van der Waals surface area contributed by atoms with Crippen molar-refractivity contribution in [1.82, 2.24) is 19.7 Å². The predicted octanol–water partition coefficient (Wildman–Crippen LogP) is 0.364. The third kappa shape index (κ3) is 2.26. The highest BCUT2D eigenvalue weighted by atomic mass is 16.1. The van der Waals surface area contributed by atoms with Gasteiger partial charge in [0.1, 0.15) is 5.82 Å². The largest absolute Gasteiger partial charge is 0.319 e. The first kappa shape index (κ1) is 11.5. The molecule has 0 unspecified atom stereocenters. The molecule has 0 saturated heterocycles. The molecular weight excluding hydrogens is 218 g/mol. The van der Waals surface area contributed by atoms with Gasteiger partial charge in [-0.3, -0.25) is 9.48 Å². The molecule has 0 aliphatic carbocycles. The highest BCUT2D eigenvalue weighted by Gasteiger charge is 2.19. The van der Waals surface area contributed by atoms with Crippen LogP contribution in [0.1, 0.15) is 19.7 Å². The van der Waals surface area contributed by atoms with Gasteiger partial charge >= 0.3 is 0 Å². The number of hydrogen-bond donors (Lipinski definition) is 2. The van der Waals surface area contributed by atoms with Gasteiger partial charge in [-0.15, -0.1) is 0 Å². The Labute approximate surface area is 98.5 Å². The average molecular weight is 233 g/mol. The van der Waals surface area contributed by atoms with Crippen LogP contribution in [0.15, 0.2) is 23.1 Å². The quantitative estimate of drug-likeness (QED) is 0.784. The Hall–Kier alpha value is -1.95. The maximum atomic E-state index is 11.6. The van der Waals surface area contributed by atoms with Gasteiger partial charge in [0, 0.05) is 19.3 Å². The Morgan fingerprint density at radius 1 is 1.47 bits per heavy atom. The second-order valence-corrected chi connectivity index (χ2v) is 4.54. The van der Waals surface area contributed by atoms with E-state index in [2.05, 4.69) is 15.1 Å². The summed E-state index contributed by atoms with van der Waals surface area (Å²) in [7, 11) is 1.80. The maximum Gasteiger partial charge on any atom is 0.251 e. The van der Waals surface area contributed by atoms with Crippen molar-refractivity contribution in [1.29, 1.82) is 0 Å². The minimum atomic E-state index is -0.687. The van der Waals surface area contributed by atoms with E-state index in [1.807, 2.05) is 0 Å². The van der Waals surface area contributed by atoms with Gasteiger partial charge in [-0.1, -0.05) is 0 Å². The minimum Gasteiger partial charge on any atom is -0.319 e. The van der Waals surface area contributed by atoms with Crippen LogP contribution in [-0.2, 0) is 12.6 Å². The van der Waals surface area contributed by atoms with E-state index in [-0.39, 0.29) is 5.56 Å². The van der Waals surface area contributed by atoms with Crippen molar-refractivity contribution in [2.24, 2.45) is 12.8 Å². The Morgan fingerprint density at radius 3 is 2.71 bits per heavy atom. The molecule has 90 valence electrons. The number of aryl methyl sites for hydroxylation is 1. The first-order valence-electron chi connectivity index (χ1n) is 5.27. The monoisotopic (exact) mass is 233 g/mol. The Balaban J connectivity index is 2.61. The minimum absolute atomic E-state index is 0.218. The summed E-state index contributed by atoms with van der Waals surface area (Å²) in [5.74, 6) is 0.459. The lowest BCUT2D eigenvalue weighted by Gasteiger charge is -2.17. The molecule has 0 atom stereocenters. The van der Waals surface area contributed by atoms with Crippen LogP contribution in [-0.4, -0.2) is 19.7 Å². The molecule has 0 aliphatic rings. The first-order valence-corrected chi connectivity index (χ1v) is 5.27. The van der Waals surface area contributed by atoms with Crippen LogP contribution >= 0.6 is 0 Å². The third-order valence-electron chi connectivity index (χ3n) is 2.44. The molecule has 0 aromatic carbocycles. The van der Waals surface area contributed by atoms with Gasteiger partial charge in [0.2, 0.25) is 0 Å². The lowest BCUT2D eigenvalue weighted by Crippen LogP contribution is -2.33. The molecule has 3 N–H and O–H groups in total. The van der Waals surface area contributed by atoms with Crippen LogP contribution in [0.3, 0.4) is 0 Å². The summed E-state index contributed by atoms with van der Waals surface area (Å²) in [5, 5.41) is 4.05. The summed E-state index contributed by atoms with van der Waals surface area (Å²) in [6, 6.07) is 3.24. The van der Waals surface area contributed by atoms with Crippen LogP contribution in [0.25, 0.3) is 11.4 Å². The number of aromatic nitrogens is 4. The summed E-state index contributed by atoms with van der Waals surface area (Å²) in [4.78, 5) is 18.6. The van der Waals surface area contributed by atoms with Crippen molar-refractivity contribution in [2.75, 3.05) is 0 Å². The molecule has 17 heavy (non-hydrogen) atoms. The third-order valence-corrected chi connectivity index (χ3v) is 2.44. The molecule has 0 fully saturated rings. The Kier molecular flexibility index (Phi) is 2.59. The number of nitrogens with one attached hydrogen (secondary N) is 1. The topological polar surface area (TPSA) is 89.6 Å². The van der Waals surface area contributed by atoms with E-state index in [4.69, 9.17) is 5.73 Å². The zero-order valence-electron chi connectivity index (χ0n) is 10.1. The maximum absolute atomic E-state index is 11.6. The number of hydrogen-bond acceptors (Lipinski definition) is 4. The molecular formula is C11H15N5O. The summed E-state index contributed by atoms with van der Waals surface area (Å²) in [6.45, 7) is 3.58. The second kappa shape index (κ2) is 3.81. The fourth-order valence-electron chi connectivity index (χ4n) is 1.52. The molecule has 0 aliphatic heterocycles. The van der Waals surface area contributed by atoms with E-state index in [0.717, 1.165) is 5.69 Å². The number of rotatable bonds is 2. The molecule has 0 bridgehead atoms. The summed E-state index contributed by atoms with van der Waals surface area (Å²) < 4.78 is 1.66. The van der Waals surface area contributed by atoms with Gasteiger partial charge in [0.25, 0.3) is 5.56 Å². The van der Waals surface area contributed by atoms with E-state index in [1.165, 1.54) is 6.07 Å². The van der Waals surface area contributed by atoms with Crippen molar-refractivity contribution in [2.45, 2.75) is 19.4 Å². The van der Waals surface area contributed by atoms with Gasteiger partial charge in [-0.05, 0) is 19.9 Å². The molecule has 0 saturated carbocycles. The fraction of sp³-hybridized carbons (Fsp3) is 0.364. The predicted molar refractivity (Wildman–Crippen MR) is 64.3 cm³/mol. The van der Waals surface area contributed by atoms with Gasteiger partial charge < -0.3 is 10.7 Å². The first-order chi connectivity index (χ1) is 7.88. The second-order valence-electron chi connectivity index (χ2n) is 4.54. The van der Waals surface area contributed by atoms with Crippen LogP contribution < -0.4 is 11.3 Å². The van der Waals surface area contributed by atoms with Crippen molar-refractivity contribution in [3.05, 3.63) is 34.5 Å². The van der Waals surface area contributed by atoms with Crippen molar-refractivity contribution in [3.8, 4) is 11.4 Å². The van der Waals surface area contributed by atoms with Crippen LogP contribution in [0.2, 0.25) is 0 Å². The smallest absolute Gasteiger partial charge is 0.251 e. The number of aromatic amines is 1. The highest BCUT2D eigenvalue weighted by Crippen LogP contribution is 2.17. The van der Waals surface area contributed by atoms with Crippen LogP contribution in [0.5, 0.6) is 0 Å². The van der Waals surface area contributed by atoms with Crippen molar-refractivity contribution >= 4 is 0 Å². The number of H-pyrrole nitrogens is 1. The SMILES string of the molecule is Cn1nccc1-c1cc(=O)[nH]c(C(C)(C)N)n1. The molecule has 0 spiro atoms. The van der Waals surface area contributed by atoms with E-state index >= 15 is 0 Å². The van der Waals surface area contributed by atoms with Crippen LogP contribution in [0.4, 0.5) is 0 Å². The van der Waals surface area contributed by atoms with Gasteiger partial charge in [0.15, 0.2) is 0 Å². The molecule has 2 aromatic heterocycles. The summed E-state index contributed by atoms with van der Waals surface area (Å²) in [5.41, 5.74) is 6.38. The standard InChI is InChI=1S/C11H15N5O/c1-11(2,12)10-14-7(6-9(17)15-10)8-4-5-13-16(8)3/h4-6H,12H2,1-3H3,(H,14,15,17). The lowest BCUT2D eigenvalue weighted by molar-refractivity contribution is 0.512. The molecule has 6 heteroatoms. The van der Waals surface area contributed by atoms with Crippen molar-refractivity contribution < 1.29 is 0 Å². The highest BCUT2D eigenvalue weighted by molar-refractivity contribution is 5.53. The van der Waals surface area contributed by atoms with E-state index in [1.54, 1.807) is 37.8 Å². The van der Waals surface area contributed by atoms with E-state index < -0.39 is 5.54 Å². The summed E-state index contributed by atoms with van der Waals surface area (Å²) >= 11 is 0. The number of nitrogens with two attached hydrogens (primary N) is 1. The Bertz CT molecular complexity index is 590. The molecule has 0 radical (unpaired) electrons. The molecule has 6 nitrogen and oxygen atoms in total. The average Bonchev–Trinajstić information content (AvgIpc) is 2.62. The zero-order valence-corrected chi connectivity index (χ0v) is 10.1. The van der Waals surface area contributed by atoms with E-state index in [0.29, 0.717) is 11.5 Å². The molecule has 2 heterocycles. The number of nitrogens with zero attached hydrogens (tertiary/aromatic N) is 3. The fourth-order valence-corrected chi connectivity index (χ4v) is 1.52. The van der Waals surface area contributed by atoms with Gasteiger partial charge in [-0.2, -0.15) is 5.10 Å². The lowest BCUT2D eigenvalue weighted by atomic mass is 10.1.